The molecule has 8 nitrogen and oxygen atoms in total. The lowest BCUT2D eigenvalue weighted by molar-refractivity contribution is 0.0971. The molecule has 0 saturated carbocycles. The summed E-state index contributed by atoms with van der Waals surface area (Å²) in [5, 5.41) is 0.422. The SMILES string of the molecule is CCOc1ccc(N2C(=O)c3oc4cc(C)c(C)cc4c(=O)c3C2c2cc(OC)c(OC)c(OC)c2)cc1. The Hall–Kier alpha value is -4.46. The van der Waals surface area contributed by atoms with Gasteiger partial charge in [-0.2, -0.15) is 0 Å². The summed E-state index contributed by atoms with van der Waals surface area (Å²) >= 11 is 0. The van der Waals surface area contributed by atoms with Gasteiger partial charge in [0.1, 0.15) is 11.3 Å². The van der Waals surface area contributed by atoms with Crippen molar-refractivity contribution in [2.75, 3.05) is 32.8 Å². The Balaban J connectivity index is 1.80. The highest BCUT2D eigenvalue weighted by molar-refractivity contribution is 6.10. The van der Waals surface area contributed by atoms with Crippen LogP contribution in [0.3, 0.4) is 0 Å². The Bertz CT molecular complexity index is 1580. The van der Waals surface area contributed by atoms with E-state index >= 15 is 0 Å². The topological polar surface area (TPSA) is 87.4 Å². The Morgan fingerprint density at radius 3 is 2.08 bits per heavy atom. The van der Waals surface area contributed by atoms with Gasteiger partial charge in [-0.1, -0.05) is 0 Å². The fraction of sp³-hybridized carbons (Fsp3) is 0.267. The molecule has 38 heavy (non-hydrogen) atoms. The number of hydrogen-bond acceptors (Lipinski definition) is 7. The Morgan fingerprint density at radius 1 is 0.868 bits per heavy atom. The average Bonchev–Trinajstić information content (AvgIpc) is 3.21. The summed E-state index contributed by atoms with van der Waals surface area (Å²) in [6.07, 6.45) is 0. The normalized spacial score (nSPS) is 14.5. The van der Waals surface area contributed by atoms with Crippen LogP contribution in [0.15, 0.2) is 57.7 Å². The molecule has 1 aliphatic rings. The van der Waals surface area contributed by atoms with Gasteiger partial charge in [0, 0.05) is 5.69 Å². The first-order chi connectivity index (χ1) is 18.3. The zero-order valence-corrected chi connectivity index (χ0v) is 22.2. The maximum Gasteiger partial charge on any atom is 0.295 e. The summed E-state index contributed by atoms with van der Waals surface area (Å²) in [6.45, 7) is 6.30. The standard InChI is InChI=1S/C30H29NO7/c1-7-37-20-10-8-19(9-11-20)31-26(18-14-23(34-4)28(36-6)24(15-18)35-5)25-27(32)21-12-16(2)17(3)13-22(21)38-29(25)30(31)33/h8-15,26H,7H2,1-6H3. The molecule has 0 N–H and O–H groups in total. The van der Waals surface area contributed by atoms with Gasteiger partial charge in [-0.3, -0.25) is 14.5 Å². The number of carbonyl (C=O) groups is 1. The highest BCUT2D eigenvalue weighted by atomic mass is 16.5. The molecular formula is C30H29NO7. The Kier molecular flexibility index (Phi) is 6.48. The summed E-state index contributed by atoms with van der Waals surface area (Å²) < 4.78 is 28.4. The number of carbonyl (C=O) groups excluding carboxylic acids is 1. The van der Waals surface area contributed by atoms with Crippen LogP contribution in [-0.2, 0) is 0 Å². The quantitative estimate of drug-likeness (QED) is 0.317. The molecule has 1 aromatic heterocycles. The van der Waals surface area contributed by atoms with E-state index in [2.05, 4.69) is 0 Å². The summed E-state index contributed by atoms with van der Waals surface area (Å²) in [5.41, 5.74) is 3.49. The van der Waals surface area contributed by atoms with Crippen molar-refractivity contribution in [3.05, 3.63) is 86.8 Å². The van der Waals surface area contributed by atoms with E-state index < -0.39 is 11.9 Å². The molecule has 5 rings (SSSR count). The molecule has 196 valence electrons. The first-order valence-corrected chi connectivity index (χ1v) is 12.3. The smallest absolute Gasteiger partial charge is 0.295 e. The third kappa shape index (κ3) is 3.93. The highest BCUT2D eigenvalue weighted by Gasteiger charge is 2.44. The van der Waals surface area contributed by atoms with E-state index in [1.807, 2.05) is 26.8 Å². The van der Waals surface area contributed by atoms with Gasteiger partial charge in [-0.25, -0.2) is 0 Å². The van der Waals surface area contributed by atoms with Crippen LogP contribution in [0.5, 0.6) is 23.0 Å². The molecule has 1 amide bonds. The molecule has 0 aliphatic carbocycles. The predicted octanol–water partition coefficient (Wildman–Crippen LogP) is 5.58. The molecule has 8 heteroatoms. The van der Waals surface area contributed by atoms with Crippen molar-refractivity contribution in [1.29, 1.82) is 0 Å². The molecule has 1 unspecified atom stereocenters. The van der Waals surface area contributed by atoms with Crippen LogP contribution in [0.25, 0.3) is 11.0 Å². The van der Waals surface area contributed by atoms with Crippen molar-refractivity contribution in [3.63, 3.8) is 0 Å². The molecule has 0 fully saturated rings. The maximum atomic E-state index is 14.0. The van der Waals surface area contributed by atoms with Crippen LogP contribution < -0.4 is 29.3 Å². The number of ether oxygens (including phenoxy) is 4. The van der Waals surface area contributed by atoms with E-state index in [1.54, 1.807) is 47.4 Å². The average molecular weight is 516 g/mol. The predicted molar refractivity (Wildman–Crippen MR) is 144 cm³/mol. The number of anilines is 1. The molecule has 0 spiro atoms. The van der Waals surface area contributed by atoms with Crippen LogP contribution in [0.4, 0.5) is 5.69 Å². The van der Waals surface area contributed by atoms with Gasteiger partial charge in [0.05, 0.1) is 44.9 Å². The van der Waals surface area contributed by atoms with E-state index in [9.17, 15) is 9.59 Å². The van der Waals surface area contributed by atoms with E-state index in [0.717, 1.165) is 11.1 Å². The zero-order valence-electron chi connectivity index (χ0n) is 22.2. The number of aryl methyl sites for hydroxylation is 2. The van der Waals surface area contributed by atoms with Crippen LogP contribution in [0.1, 0.15) is 45.8 Å². The second-order valence-corrected chi connectivity index (χ2v) is 9.07. The summed E-state index contributed by atoms with van der Waals surface area (Å²) in [7, 11) is 4.56. The molecular weight excluding hydrogens is 486 g/mol. The number of benzene rings is 3. The van der Waals surface area contributed by atoms with Crippen molar-refractivity contribution < 1.29 is 28.2 Å². The fourth-order valence-electron chi connectivity index (χ4n) is 4.94. The van der Waals surface area contributed by atoms with Gasteiger partial charge in [0.2, 0.25) is 11.5 Å². The largest absolute Gasteiger partial charge is 0.494 e. The van der Waals surface area contributed by atoms with Gasteiger partial charge in [-0.15, -0.1) is 0 Å². The Morgan fingerprint density at radius 2 is 1.50 bits per heavy atom. The lowest BCUT2D eigenvalue weighted by Gasteiger charge is -2.26. The molecule has 3 aromatic carbocycles. The van der Waals surface area contributed by atoms with E-state index in [4.69, 9.17) is 23.4 Å². The maximum absolute atomic E-state index is 14.0. The van der Waals surface area contributed by atoms with Crippen molar-refractivity contribution in [2.45, 2.75) is 26.8 Å². The van der Waals surface area contributed by atoms with Gasteiger partial charge in [0.25, 0.3) is 5.91 Å². The summed E-state index contributed by atoms with van der Waals surface area (Å²) in [6, 6.07) is 13.5. The van der Waals surface area contributed by atoms with Crippen LogP contribution in [-0.4, -0.2) is 33.8 Å². The van der Waals surface area contributed by atoms with E-state index in [0.29, 0.717) is 51.8 Å². The zero-order chi connectivity index (χ0) is 27.1. The first-order valence-electron chi connectivity index (χ1n) is 12.3. The third-order valence-electron chi connectivity index (χ3n) is 6.92. The van der Waals surface area contributed by atoms with Gasteiger partial charge in [-0.05, 0) is 86.0 Å². The minimum absolute atomic E-state index is 0.0124. The molecule has 2 heterocycles. The minimum Gasteiger partial charge on any atom is -0.494 e. The van der Waals surface area contributed by atoms with Gasteiger partial charge >= 0.3 is 0 Å². The van der Waals surface area contributed by atoms with Crippen molar-refractivity contribution in [2.24, 2.45) is 0 Å². The fourth-order valence-corrected chi connectivity index (χ4v) is 4.94. The number of nitrogens with zero attached hydrogens (tertiary/aromatic N) is 1. The summed E-state index contributed by atoms with van der Waals surface area (Å²) in [4.78, 5) is 29.5. The lowest BCUT2D eigenvalue weighted by Crippen LogP contribution is -2.29. The number of methoxy groups -OCH3 is 3. The van der Waals surface area contributed by atoms with Gasteiger partial charge < -0.3 is 23.4 Å². The molecule has 0 bridgehead atoms. The van der Waals surface area contributed by atoms with Crippen molar-refractivity contribution >= 4 is 22.6 Å². The lowest BCUT2D eigenvalue weighted by atomic mass is 9.96. The molecule has 4 aromatic rings. The monoisotopic (exact) mass is 515 g/mol. The Labute approximate surface area is 220 Å². The second-order valence-electron chi connectivity index (χ2n) is 9.07. The number of fused-ring (bicyclic) bond motifs is 2. The van der Waals surface area contributed by atoms with E-state index in [-0.39, 0.29) is 16.8 Å². The second kappa shape index (κ2) is 9.78. The number of hydrogen-bond donors (Lipinski definition) is 0. The van der Waals surface area contributed by atoms with Gasteiger partial charge in [0.15, 0.2) is 16.9 Å². The molecule has 0 radical (unpaired) electrons. The van der Waals surface area contributed by atoms with Crippen LogP contribution in [0.2, 0.25) is 0 Å². The van der Waals surface area contributed by atoms with E-state index in [1.165, 1.54) is 21.3 Å². The number of rotatable bonds is 7. The van der Waals surface area contributed by atoms with Crippen LogP contribution >= 0.6 is 0 Å². The minimum atomic E-state index is -0.800. The van der Waals surface area contributed by atoms with Crippen molar-refractivity contribution in [3.8, 4) is 23.0 Å². The first kappa shape index (κ1) is 25.2. The molecule has 0 saturated heterocycles. The highest BCUT2D eigenvalue weighted by Crippen LogP contribution is 2.46. The van der Waals surface area contributed by atoms with Crippen LogP contribution in [0, 0.1) is 13.8 Å². The van der Waals surface area contributed by atoms with Crippen molar-refractivity contribution in [1.82, 2.24) is 0 Å². The number of amides is 1. The summed E-state index contributed by atoms with van der Waals surface area (Å²) in [5.74, 6) is 1.50. The molecule has 1 aliphatic heterocycles. The molecule has 1 atom stereocenters. The third-order valence-corrected chi connectivity index (χ3v) is 6.92.